The summed E-state index contributed by atoms with van der Waals surface area (Å²) < 4.78 is 24.2. The first-order chi connectivity index (χ1) is 6.93. The zero-order valence-corrected chi connectivity index (χ0v) is 9.99. The van der Waals surface area contributed by atoms with Crippen LogP contribution in [-0.2, 0) is 0 Å². The smallest absolute Gasteiger partial charge is 0.265 e. The minimum Gasteiger partial charge on any atom is -0.386 e. The van der Waals surface area contributed by atoms with Crippen LogP contribution in [0.2, 0.25) is 0 Å². The number of thioether (sulfide) groups is 1. The number of halogens is 2. The van der Waals surface area contributed by atoms with E-state index in [0.29, 0.717) is 0 Å². The van der Waals surface area contributed by atoms with Crippen molar-refractivity contribution in [3.63, 3.8) is 0 Å². The highest BCUT2D eigenvalue weighted by Crippen LogP contribution is 2.34. The maximum absolute atomic E-state index is 12.1. The zero-order chi connectivity index (χ0) is 11.5. The molecule has 0 aromatic heterocycles. The first kappa shape index (κ1) is 13.2. The molecule has 1 saturated heterocycles. The van der Waals surface area contributed by atoms with Gasteiger partial charge in [-0.1, -0.05) is 13.8 Å². The van der Waals surface area contributed by atoms with Crippen molar-refractivity contribution in [2.45, 2.75) is 38.8 Å². The van der Waals surface area contributed by atoms with E-state index in [1.807, 2.05) is 11.8 Å². The predicted octanol–water partition coefficient (Wildman–Crippen LogP) is 1.73. The molecule has 5 heteroatoms. The molecule has 2 atom stereocenters. The van der Waals surface area contributed by atoms with E-state index in [1.165, 1.54) is 0 Å². The van der Waals surface area contributed by atoms with Gasteiger partial charge in [0.2, 0.25) is 0 Å². The maximum atomic E-state index is 12.1. The summed E-state index contributed by atoms with van der Waals surface area (Å²) in [5.74, 6) is 2.06. The fourth-order valence-electron chi connectivity index (χ4n) is 1.62. The summed E-state index contributed by atoms with van der Waals surface area (Å²) in [4.78, 5) is 0. The molecule has 0 aromatic rings. The summed E-state index contributed by atoms with van der Waals surface area (Å²) in [7, 11) is 0. The van der Waals surface area contributed by atoms with E-state index in [9.17, 15) is 8.78 Å². The van der Waals surface area contributed by atoms with Crippen LogP contribution in [0, 0.1) is 5.41 Å². The van der Waals surface area contributed by atoms with E-state index in [-0.39, 0.29) is 18.0 Å². The van der Waals surface area contributed by atoms with Crippen LogP contribution in [0.1, 0.15) is 20.3 Å². The quantitative estimate of drug-likeness (QED) is 0.783. The van der Waals surface area contributed by atoms with Gasteiger partial charge in [0.15, 0.2) is 0 Å². The van der Waals surface area contributed by atoms with Crippen LogP contribution in [0.3, 0.4) is 0 Å². The number of rotatable bonds is 4. The summed E-state index contributed by atoms with van der Waals surface area (Å²) in [6.07, 6.45) is -3.12. The number of alkyl halides is 2. The average Bonchev–Trinajstić information content (AvgIpc) is 2.14. The van der Waals surface area contributed by atoms with Gasteiger partial charge in [0.05, 0.1) is 0 Å². The lowest BCUT2D eigenvalue weighted by Crippen LogP contribution is -2.49. The summed E-state index contributed by atoms with van der Waals surface area (Å²) in [5, 5.41) is 12.1. The van der Waals surface area contributed by atoms with Gasteiger partial charge in [-0.25, -0.2) is 8.78 Å². The van der Waals surface area contributed by atoms with E-state index in [2.05, 4.69) is 19.2 Å². The summed E-state index contributed by atoms with van der Waals surface area (Å²) in [6.45, 7) is 4.25. The van der Waals surface area contributed by atoms with E-state index in [4.69, 9.17) is 5.11 Å². The van der Waals surface area contributed by atoms with Gasteiger partial charge >= 0.3 is 0 Å². The molecule has 1 heterocycles. The van der Waals surface area contributed by atoms with Gasteiger partial charge < -0.3 is 10.4 Å². The molecule has 2 nitrogen and oxygen atoms in total. The van der Waals surface area contributed by atoms with Crippen LogP contribution >= 0.6 is 11.8 Å². The molecular weight excluding hydrogens is 220 g/mol. The van der Waals surface area contributed by atoms with Crippen LogP contribution in [0.5, 0.6) is 0 Å². The lowest BCUT2D eigenvalue weighted by Gasteiger charge is -2.39. The van der Waals surface area contributed by atoms with Crippen LogP contribution in [0.15, 0.2) is 0 Å². The SMILES string of the molecule is CC1(C)CCSCC1NCC(O)C(F)F. The Hall–Kier alpha value is 0.130. The Bertz CT molecular complexity index is 202. The second-order valence-corrected chi connectivity index (χ2v) is 5.83. The van der Waals surface area contributed by atoms with Gasteiger partial charge in [-0.3, -0.25) is 0 Å². The number of aliphatic hydroxyl groups excluding tert-OH is 1. The normalized spacial score (nSPS) is 28.0. The van der Waals surface area contributed by atoms with Gasteiger partial charge in [0.1, 0.15) is 6.10 Å². The second-order valence-electron chi connectivity index (χ2n) is 4.68. The largest absolute Gasteiger partial charge is 0.386 e. The Kier molecular flexibility index (Phi) is 4.80. The molecule has 0 aliphatic carbocycles. The van der Waals surface area contributed by atoms with Crippen molar-refractivity contribution >= 4 is 11.8 Å². The lowest BCUT2D eigenvalue weighted by atomic mass is 9.82. The molecule has 2 N–H and O–H groups in total. The summed E-state index contributed by atoms with van der Waals surface area (Å²) in [6, 6.07) is 0.213. The molecule has 0 radical (unpaired) electrons. The van der Waals surface area contributed by atoms with Crippen molar-refractivity contribution < 1.29 is 13.9 Å². The van der Waals surface area contributed by atoms with Gasteiger partial charge in [-0.2, -0.15) is 11.8 Å². The molecule has 0 aromatic carbocycles. The monoisotopic (exact) mass is 239 g/mol. The first-order valence-corrected chi connectivity index (χ1v) is 6.36. The van der Waals surface area contributed by atoms with Crippen LogP contribution in [0.25, 0.3) is 0 Å². The van der Waals surface area contributed by atoms with Crippen molar-refractivity contribution in [2.75, 3.05) is 18.1 Å². The first-order valence-electron chi connectivity index (χ1n) is 5.21. The summed E-state index contributed by atoms with van der Waals surface area (Å²) >= 11 is 1.83. The number of hydrogen-bond acceptors (Lipinski definition) is 3. The third kappa shape index (κ3) is 3.89. The van der Waals surface area contributed by atoms with Crippen molar-refractivity contribution in [2.24, 2.45) is 5.41 Å². The highest BCUT2D eigenvalue weighted by atomic mass is 32.2. The van der Waals surface area contributed by atoms with Crippen LogP contribution < -0.4 is 5.32 Å². The van der Waals surface area contributed by atoms with Gasteiger partial charge in [-0.15, -0.1) is 0 Å². The zero-order valence-electron chi connectivity index (χ0n) is 9.17. The fraction of sp³-hybridized carbons (Fsp3) is 1.00. The molecule has 0 amide bonds. The van der Waals surface area contributed by atoms with Crippen molar-refractivity contribution in [3.05, 3.63) is 0 Å². The maximum Gasteiger partial charge on any atom is 0.265 e. The standard InChI is InChI=1S/C10H19F2NOS/c1-10(2)3-4-15-6-8(10)13-5-7(14)9(11)12/h7-9,13-14H,3-6H2,1-2H3. The number of nitrogens with one attached hydrogen (secondary N) is 1. The second kappa shape index (κ2) is 5.46. The van der Waals surface area contributed by atoms with E-state index in [0.717, 1.165) is 17.9 Å². The molecule has 0 spiro atoms. The number of aliphatic hydroxyl groups is 1. The Balaban J connectivity index is 2.36. The van der Waals surface area contributed by atoms with Crippen LogP contribution in [-0.4, -0.2) is 41.7 Å². The Labute approximate surface area is 93.8 Å². The van der Waals surface area contributed by atoms with E-state index >= 15 is 0 Å². The molecule has 1 aliphatic rings. The molecule has 0 bridgehead atoms. The van der Waals surface area contributed by atoms with E-state index in [1.54, 1.807) is 0 Å². The molecule has 1 rings (SSSR count). The van der Waals surface area contributed by atoms with Crippen molar-refractivity contribution in [1.29, 1.82) is 0 Å². The predicted molar refractivity (Wildman–Crippen MR) is 59.5 cm³/mol. The highest BCUT2D eigenvalue weighted by Gasteiger charge is 2.33. The fourth-order valence-corrected chi connectivity index (χ4v) is 3.27. The third-order valence-corrected chi connectivity index (χ3v) is 4.04. The molecule has 0 saturated carbocycles. The number of hydrogen-bond donors (Lipinski definition) is 2. The minimum absolute atomic E-state index is 0.0215. The van der Waals surface area contributed by atoms with Crippen LogP contribution in [0.4, 0.5) is 8.78 Å². The van der Waals surface area contributed by atoms with E-state index < -0.39 is 12.5 Å². The van der Waals surface area contributed by atoms with Crippen molar-refractivity contribution in [1.82, 2.24) is 5.32 Å². The average molecular weight is 239 g/mol. The molecular formula is C10H19F2NOS. The van der Waals surface area contributed by atoms with Gasteiger partial charge in [-0.05, 0) is 17.6 Å². The third-order valence-electron chi connectivity index (χ3n) is 2.98. The van der Waals surface area contributed by atoms with Gasteiger partial charge in [0, 0.05) is 18.3 Å². The Morgan fingerprint density at radius 3 is 2.73 bits per heavy atom. The highest BCUT2D eigenvalue weighted by molar-refractivity contribution is 7.99. The molecule has 90 valence electrons. The van der Waals surface area contributed by atoms with Gasteiger partial charge in [0.25, 0.3) is 6.43 Å². The Morgan fingerprint density at radius 2 is 2.20 bits per heavy atom. The molecule has 2 unspecified atom stereocenters. The Morgan fingerprint density at radius 1 is 1.53 bits per heavy atom. The lowest BCUT2D eigenvalue weighted by molar-refractivity contribution is -0.00650. The molecule has 1 aliphatic heterocycles. The molecule has 1 fully saturated rings. The minimum atomic E-state index is -2.66. The summed E-state index contributed by atoms with van der Waals surface area (Å²) in [5.41, 5.74) is 0.132. The van der Waals surface area contributed by atoms with Crippen molar-refractivity contribution in [3.8, 4) is 0 Å². The topological polar surface area (TPSA) is 32.3 Å². The molecule has 15 heavy (non-hydrogen) atoms.